The third kappa shape index (κ3) is 6.28. The molecule has 0 spiro atoms. The molecule has 34 heavy (non-hydrogen) atoms. The van der Waals surface area contributed by atoms with Gasteiger partial charge >= 0.3 is 99.2 Å². The monoisotopic (exact) mass is 516 g/mol. The number of fused-ring (bicyclic) bond motifs is 3. The first kappa shape index (κ1) is 24.1. The van der Waals surface area contributed by atoms with Crippen LogP contribution in [0.4, 0.5) is 0 Å². The van der Waals surface area contributed by atoms with Crippen molar-refractivity contribution in [2.45, 2.75) is 12.8 Å². The predicted octanol–water partition coefficient (Wildman–Crippen LogP) is 7.17. The molecule has 0 saturated heterocycles. The zero-order valence-corrected chi connectivity index (χ0v) is 21.8. The Morgan fingerprint density at radius 1 is 0.765 bits per heavy atom. The Bertz CT molecular complexity index is 1240. The second kappa shape index (κ2) is 12.4. The topological polar surface area (TPSA) is 9.23 Å². The summed E-state index contributed by atoms with van der Waals surface area (Å²) < 4.78 is 6.60. The summed E-state index contributed by atoms with van der Waals surface area (Å²) in [5, 5.41) is 0. The van der Waals surface area contributed by atoms with Crippen molar-refractivity contribution in [3.8, 4) is 16.9 Å². The van der Waals surface area contributed by atoms with E-state index in [0.29, 0.717) is 0 Å². The third-order valence-corrected chi connectivity index (χ3v) is 7.03. The van der Waals surface area contributed by atoms with Gasteiger partial charge < -0.3 is 4.74 Å². The second-order valence-corrected chi connectivity index (χ2v) is 9.09. The van der Waals surface area contributed by atoms with Gasteiger partial charge in [-0.1, -0.05) is 35.4 Å². The molecule has 0 N–H and O–H groups in total. The molecule has 4 aromatic rings. The van der Waals surface area contributed by atoms with Crippen LogP contribution in [0.5, 0.6) is 5.75 Å². The van der Waals surface area contributed by atoms with Gasteiger partial charge in [-0.05, 0) is 6.42 Å². The fraction of sp³-hybridized carbons (Fsp3) is 0.0938. The molecule has 0 amide bonds. The van der Waals surface area contributed by atoms with E-state index in [9.17, 15) is 0 Å². The van der Waals surface area contributed by atoms with Crippen LogP contribution in [0, 0.1) is 12.1 Å². The summed E-state index contributed by atoms with van der Waals surface area (Å²) in [6.07, 6.45) is 11.0. The van der Waals surface area contributed by atoms with Crippen LogP contribution in [-0.2, 0) is 30.7 Å². The maximum atomic E-state index is 5.18. The summed E-state index contributed by atoms with van der Waals surface area (Å²) in [6.45, 7) is 0. The van der Waals surface area contributed by atoms with Crippen LogP contribution in [0.15, 0.2) is 115 Å². The molecule has 0 unspecified atom stereocenters. The van der Waals surface area contributed by atoms with E-state index in [1.165, 1.54) is 60.8 Å². The number of ether oxygens (including phenoxy) is 1. The molecule has 0 atom stereocenters. The first-order valence-corrected chi connectivity index (χ1v) is 12.6. The molecule has 2 aliphatic rings. The van der Waals surface area contributed by atoms with Crippen molar-refractivity contribution in [1.82, 2.24) is 0 Å². The summed E-state index contributed by atoms with van der Waals surface area (Å²) in [5.74, 6) is 0.821. The number of hydrogen-bond acceptors (Lipinski definition) is 1. The zero-order valence-electron chi connectivity index (χ0n) is 19.3. The van der Waals surface area contributed by atoms with E-state index in [2.05, 4.69) is 109 Å². The van der Waals surface area contributed by atoms with Crippen LogP contribution in [0.3, 0.4) is 0 Å². The Balaban J connectivity index is 0.000000134. The molecule has 0 radical (unpaired) electrons. The Morgan fingerprint density at radius 3 is 1.97 bits per heavy atom. The van der Waals surface area contributed by atoms with Crippen LogP contribution in [-0.4, -0.2) is 10.3 Å². The van der Waals surface area contributed by atoms with E-state index >= 15 is 0 Å². The SMILES string of the molecule is COc1[c-]c2c(cc1)-c1ccccc1C2.[C-]1=CC=CC1.[Zr+2]=[C](c1ccccc1)c1ccccc1. The Morgan fingerprint density at radius 2 is 1.41 bits per heavy atom. The number of hydrogen-bond donors (Lipinski definition) is 0. The molecular weight excluding hydrogens is 492 g/mol. The zero-order chi connectivity index (χ0) is 23.6. The predicted molar refractivity (Wildman–Crippen MR) is 138 cm³/mol. The standard InChI is InChI=1S/C14H11O.C13H10.C5H5.Zr/c1-15-12-6-7-14-11(9-12)8-10-4-2-3-5-13(10)14;1-3-7-12(8-4-1)11-13-9-5-2-6-10-13;1-2-4-5-3-1;/h2-7H,8H2,1H3;1-10H;1-3H,4H2;/q-1;;-1;+2. The second-order valence-electron chi connectivity index (χ2n) is 7.86. The summed E-state index contributed by atoms with van der Waals surface area (Å²) in [6, 6.07) is 37.0. The average molecular weight is 518 g/mol. The molecule has 0 fully saturated rings. The van der Waals surface area contributed by atoms with Crippen LogP contribution in [0.1, 0.15) is 28.7 Å². The number of benzene rings is 4. The van der Waals surface area contributed by atoms with Gasteiger partial charge in [0.05, 0.1) is 7.11 Å². The van der Waals surface area contributed by atoms with Gasteiger partial charge in [0.2, 0.25) is 0 Å². The van der Waals surface area contributed by atoms with Crippen LogP contribution < -0.4 is 4.74 Å². The molecule has 4 aromatic carbocycles. The van der Waals surface area contributed by atoms with E-state index in [0.717, 1.165) is 18.6 Å². The van der Waals surface area contributed by atoms with Gasteiger partial charge in [-0.25, -0.2) is 12.2 Å². The van der Waals surface area contributed by atoms with Crippen molar-refractivity contribution in [3.63, 3.8) is 0 Å². The van der Waals surface area contributed by atoms with Crippen LogP contribution >= 0.6 is 0 Å². The summed E-state index contributed by atoms with van der Waals surface area (Å²) in [7, 11) is 1.68. The van der Waals surface area contributed by atoms with Gasteiger partial charge in [0.1, 0.15) is 0 Å². The molecular formula is C32H26OZr. The van der Waals surface area contributed by atoms with E-state index in [4.69, 9.17) is 4.74 Å². The van der Waals surface area contributed by atoms with Crippen molar-refractivity contribution in [1.29, 1.82) is 0 Å². The minimum atomic E-state index is 0.821. The van der Waals surface area contributed by atoms with Gasteiger partial charge in [0.15, 0.2) is 0 Å². The molecule has 2 aliphatic carbocycles. The van der Waals surface area contributed by atoms with Crippen molar-refractivity contribution >= 4 is 3.21 Å². The summed E-state index contributed by atoms with van der Waals surface area (Å²) in [4.78, 5) is 0. The fourth-order valence-corrected chi connectivity index (χ4v) is 4.69. The van der Waals surface area contributed by atoms with Gasteiger partial charge in [0, 0.05) is 5.75 Å². The van der Waals surface area contributed by atoms with E-state index in [1.54, 1.807) is 7.11 Å². The van der Waals surface area contributed by atoms with Gasteiger partial charge in [0.25, 0.3) is 0 Å². The Hall–Kier alpha value is -3.09. The first-order valence-electron chi connectivity index (χ1n) is 11.3. The summed E-state index contributed by atoms with van der Waals surface area (Å²) in [5.41, 5.74) is 7.93. The molecule has 2 heteroatoms. The van der Waals surface area contributed by atoms with Gasteiger partial charge in [-0.2, -0.15) is 12.1 Å². The van der Waals surface area contributed by atoms with Crippen LogP contribution in [0.25, 0.3) is 11.1 Å². The average Bonchev–Trinajstić information content (AvgIpc) is 3.61. The van der Waals surface area contributed by atoms with Gasteiger partial charge in [-0.15, -0.1) is 29.7 Å². The molecule has 0 bridgehead atoms. The van der Waals surface area contributed by atoms with Crippen molar-refractivity contribution in [2.24, 2.45) is 0 Å². The Labute approximate surface area is 217 Å². The van der Waals surface area contributed by atoms with E-state index in [-0.39, 0.29) is 0 Å². The molecule has 1 nitrogen and oxygen atoms in total. The van der Waals surface area contributed by atoms with Gasteiger partial charge in [-0.3, -0.25) is 6.08 Å². The van der Waals surface area contributed by atoms with Crippen molar-refractivity contribution in [2.75, 3.05) is 7.11 Å². The van der Waals surface area contributed by atoms with Crippen LogP contribution in [0.2, 0.25) is 0 Å². The molecule has 0 aromatic heterocycles. The number of rotatable bonds is 3. The number of methoxy groups -OCH3 is 1. The number of allylic oxidation sites excluding steroid dienone is 4. The minimum absolute atomic E-state index is 0.821. The van der Waals surface area contributed by atoms with E-state index in [1.807, 2.05) is 18.2 Å². The Kier molecular flexibility index (Phi) is 8.77. The van der Waals surface area contributed by atoms with Crippen molar-refractivity contribution in [3.05, 3.63) is 150 Å². The molecule has 6 rings (SSSR count). The fourth-order valence-electron chi connectivity index (χ4n) is 3.87. The third-order valence-electron chi connectivity index (χ3n) is 5.61. The quantitative estimate of drug-likeness (QED) is 0.230. The summed E-state index contributed by atoms with van der Waals surface area (Å²) >= 11 is 1.46. The normalized spacial score (nSPS) is 12.0. The van der Waals surface area contributed by atoms with E-state index < -0.39 is 0 Å². The first-order chi connectivity index (χ1) is 16.8. The maximum absolute atomic E-state index is 5.18. The molecule has 0 heterocycles. The molecule has 164 valence electrons. The molecule has 0 aliphatic heterocycles. The van der Waals surface area contributed by atoms with Crippen molar-refractivity contribution < 1.29 is 29.0 Å². The molecule has 0 saturated carbocycles.